The van der Waals surface area contributed by atoms with Crippen molar-refractivity contribution in [2.24, 2.45) is 5.73 Å². The summed E-state index contributed by atoms with van der Waals surface area (Å²) < 4.78 is 36.4. The molecule has 0 aromatic heterocycles. The van der Waals surface area contributed by atoms with Gasteiger partial charge in [0.25, 0.3) is 5.91 Å². The zero-order chi connectivity index (χ0) is 17.0. The number of nitrogens with zero attached hydrogens (tertiary/aromatic N) is 1. The monoisotopic (exact) mass is 342 g/mol. The molecule has 1 amide bonds. The summed E-state index contributed by atoms with van der Waals surface area (Å²) in [6.07, 6.45) is -1.10. The summed E-state index contributed by atoms with van der Waals surface area (Å²) >= 11 is 0. The Balaban J connectivity index is 2.22. The third-order valence-electron chi connectivity index (χ3n) is 3.36. The van der Waals surface area contributed by atoms with Crippen LogP contribution in [0.3, 0.4) is 0 Å². The fourth-order valence-corrected chi connectivity index (χ4v) is 3.46. The molecule has 1 aliphatic heterocycles. The average Bonchev–Trinajstić information content (AvgIpc) is 2.55. The van der Waals surface area contributed by atoms with Crippen molar-refractivity contribution in [2.45, 2.75) is 17.9 Å². The molecule has 2 rings (SSSR count). The summed E-state index contributed by atoms with van der Waals surface area (Å²) in [6.45, 7) is 2.52. The Morgan fingerprint density at radius 2 is 1.96 bits per heavy atom. The van der Waals surface area contributed by atoms with Gasteiger partial charge in [-0.15, -0.1) is 0 Å². The maximum Gasteiger partial charge on any atom is 0.338 e. The Morgan fingerprint density at radius 1 is 1.30 bits per heavy atom. The van der Waals surface area contributed by atoms with Crippen molar-refractivity contribution in [1.29, 1.82) is 0 Å². The number of benzene rings is 1. The molecule has 23 heavy (non-hydrogen) atoms. The molecule has 1 aromatic carbocycles. The number of primary amides is 1. The molecule has 0 unspecified atom stereocenters. The fraction of sp³-hybridized carbons (Fsp3) is 0.429. The van der Waals surface area contributed by atoms with Gasteiger partial charge in [0, 0.05) is 13.1 Å². The number of hydrogen-bond donors (Lipinski definition) is 1. The number of sulfonamides is 1. The molecule has 1 aliphatic rings. The second-order valence-corrected chi connectivity index (χ2v) is 6.93. The van der Waals surface area contributed by atoms with Crippen LogP contribution in [0.15, 0.2) is 29.2 Å². The molecule has 0 aliphatic carbocycles. The number of ether oxygens (including phenoxy) is 2. The molecule has 1 saturated heterocycles. The SMILES string of the molecule is C[C@@H](OC(=O)c1cccc(S(=O)(=O)N2CCOCC2)c1)C(N)=O. The number of amides is 1. The Labute approximate surface area is 134 Å². The summed E-state index contributed by atoms with van der Waals surface area (Å²) in [5.74, 6) is -1.59. The standard InChI is InChI=1S/C14H18N2O6S/c1-10(13(15)17)22-14(18)11-3-2-4-12(9-11)23(19,20)16-5-7-21-8-6-16/h2-4,9-10H,5-8H2,1H3,(H2,15,17)/t10-/m1/s1. The van der Waals surface area contributed by atoms with Crippen LogP contribution >= 0.6 is 0 Å². The number of esters is 1. The van der Waals surface area contributed by atoms with Crippen LogP contribution in [0.5, 0.6) is 0 Å². The first-order valence-electron chi connectivity index (χ1n) is 7.00. The van der Waals surface area contributed by atoms with E-state index >= 15 is 0 Å². The van der Waals surface area contributed by atoms with Crippen molar-refractivity contribution >= 4 is 21.9 Å². The molecule has 0 radical (unpaired) electrons. The molecule has 126 valence electrons. The van der Waals surface area contributed by atoms with Crippen LogP contribution in [-0.4, -0.2) is 57.0 Å². The molecule has 1 heterocycles. The number of rotatable bonds is 5. The van der Waals surface area contributed by atoms with Crippen molar-refractivity contribution < 1.29 is 27.5 Å². The number of hydrogen-bond acceptors (Lipinski definition) is 6. The molecule has 1 atom stereocenters. The van der Waals surface area contributed by atoms with Crippen molar-refractivity contribution in [1.82, 2.24) is 4.31 Å². The minimum Gasteiger partial charge on any atom is -0.449 e. The highest BCUT2D eigenvalue weighted by Crippen LogP contribution is 2.19. The number of nitrogens with two attached hydrogens (primary N) is 1. The maximum absolute atomic E-state index is 12.5. The molecule has 2 N–H and O–H groups in total. The minimum absolute atomic E-state index is 0.0134. The Bertz CT molecular complexity index is 697. The van der Waals surface area contributed by atoms with Gasteiger partial charge in [0.1, 0.15) is 0 Å². The van der Waals surface area contributed by atoms with E-state index < -0.39 is 28.0 Å². The molecule has 9 heteroatoms. The molecule has 1 aromatic rings. The van der Waals surface area contributed by atoms with E-state index in [2.05, 4.69) is 0 Å². The van der Waals surface area contributed by atoms with Crippen molar-refractivity contribution in [2.75, 3.05) is 26.3 Å². The van der Waals surface area contributed by atoms with Gasteiger partial charge in [-0.3, -0.25) is 4.79 Å². The zero-order valence-corrected chi connectivity index (χ0v) is 13.4. The van der Waals surface area contributed by atoms with Gasteiger partial charge in [0.05, 0.1) is 23.7 Å². The first-order valence-corrected chi connectivity index (χ1v) is 8.44. The number of carbonyl (C=O) groups excluding carboxylic acids is 2. The van der Waals surface area contributed by atoms with E-state index in [1.165, 1.54) is 35.5 Å². The number of morpholine rings is 1. The van der Waals surface area contributed by atoms with Crippen LogP contribution in [0, 0.1) is 0 Å². The lowest BCUT2D eigenvalue weighted by molar-refractivity contribution is -0.125. The summed E-state index contributed by atoms with van der Waals surface area (Å²) in [5.41, 5.74) is 5.06. The first-order chi connectivity index (χ1) is 10.8. The predicted octanol–water partition coefficient (Wildman–Crippen LogP) is -0.262. The van der Waals surface area contributed by atoms with E-state index in [0.29, 0.717) is 13.2 Å². The largest absolute Gasteiger partial charge is 0.449 e. The van der Waals surface area contributed by atoms with Gasteiger partial charge in [0.15, 0.2) is 6.10 Å². The van der Waals surface area contributed by atoms with Crippen LogP contribution in [0.2, 0.25) is 0 Å². The van der Waals surface area contributed by atoms with E-state index in [1.54, 1.807) is 0 Å². The van der Waals surface area contributed by atoms with Gasteiger partial charge in [-0.25, -0.2) is 13.2 Å². The molecule has 0 bridgehead atoms. The average molecular weight is 342 g/mol. The summed E-state index contributed by atoms with van der Waals surface area (Å²) in [7, 11) is -3.71. The van der Waals surface area contributed by atoms with Crippen LogP contribution in [0.25, 0.3) is 0 Å². The Hall–Kier alpha value is -1.97. The van der Waals surface area contributed by atoms with Crippen LogP contribution < -0.4 is 5.73 Å². The van der Waals surface area contributed by atoms with E-state index in [0.717, 1.165) is 0 Å². The normalized spacial score (nSPS) is 17.4. The first kappa shape index (κ1) is 17.4. The fourth-order valence-electron chi connectivity index (χ4n) is 2.01. The highest BCUT2D eigenvalue weighted by molar-refractivity contribution is 7.89. The van der Waals surface area contributed by atoms with E-state index in [1.807, 2.05) is 0 Å². The van der Waals surface area contributed by atoms with Gasteiger partial charge in [-0.1, -0.05) is 6.07 Å². The molecule has 8 nitrogen and oxygen atoms in total. The van der Waals surface area contributed by atoms with Crippen LogP contribution in [-0.2, 0) is 24.3 Å². The number of carbonyl (C=O) groups is 2. The summed E-state index contributed by atoms with van der Waals surface area (Å²) in [6, 6.07) is 5.48. The second-order valence-electron chi connectivity index (χ2n) is 4.99. The van der Waals surface area contributed by atoms with Crippen molar-refractivity contribution in [3.05, 3.63) is 29.8 Å². The molecule has 0 spiro atoms. The second kappa shape index (κ2) is 7.07. The lowest BCUT2D eigenvalue weighted by atomic mass is 10.2. The van der Waals surface area contributed by atoms with Crippen LogP contribution in [0.4, 0.5) is 0 Å². The van der Waals surface area contributed by atoms with Gasteiger partial charge in [-0.05, 0) is 25.1 Å². The third kappa shape index (κ3) is 4.06. The van der Waals surface area contributed by atoms with Crippen molar-refractivity contribution in [3.8, 4) is 0 Å². The van der Waals surface area contributed by atoms with Crippen LogP contribution in [0.1, 0.15) is 17.3 Å². The Kier molecular flexibility index (Phi) is 5.34. The predicted molar refractivity (Wildman–Crippen MR) is 80.1 cm³/mol. The molecular weight excluding hydrogens is 324 g/mol. The lowest BCUT2D eigenvalue weighted by Crippen LogP contribution is -2.40. The molecule has 0 saturated carbocycles. The summed E-state index contributed by atoms with van der Waals surface area (Å²) in [4.78, 5) is 22.9. The Morgan fingerprint density at radius 3 is 2.57 bits per heavy atom. The van der Waals surface area contributed by atoms with Gasteiger partial charge in [-0.2, -0.15) is 4.31 Å². The van der Waals surface area contributed by atoms with E-state index in [-0.39, 0.29) is 23.5 Å². The summed E-state index contributed by atoms with van der Waals surface area (Å²) in [5, 5.41) is 0. The molecular formula is C14H18N2O6S. The van der Waals surface area contributed by atoms with E-state index in [9.17, 15) is 18.0 Å². The third-order valence-corrected chi connectivity index (χ3v) is 5.26. The quantitative estimate of drug-likeness (QED) is 0.737. The minimum atomic E-state index is -3.71. The zero-order valence-electron chi connectivity index (χ0n) is 12.6. The topological polar surface area (TPSA) is 116 Å². The van der Waals surface area contributed by atoms with Crippen molar-refractivity contribution in [3.63, 3.8) is 0 Å². The maximum atomic E-state index is 12.5. The van der Waals surface area contributed by atoms with Gasteiger partial charge < -0.3 is 15.2 Å². The highest BCUT2D eigenvalue weighted by Gasteiger charge is 2.27. The smallest absolute Gasteiger partial charge is 0.338 e. The lowest BCUT2D eigenvalue weighted by Gasteiger charge is -2.26. The van der Waals surface area contributed by atoms with E-state index in [4.69, 9.17) is 15.2 Å². The highest BCUT2D eigenvalue weighted by atomic mass is 32.2. The van der Waals surface area contributed by atoms with Gasteiger partial charge in [0.2, 0.25) is 10.0 Å². The van der Waals surface area contributed by atoms with Gasteiger partial charge >= 0.3 is 5.97 Å². The molecule has 1 fully saturated rings.